The van der Waals surface area contributed by atoms with E-state index in [0.717, 1.165) is 17.3 Å². The topological polar surface area (TPSA) is 23.8 Å². The van der Waals surface area contributed by atoms with Crippen molar-refractivity contribution in [1.82, 2.24) is 0 Å². The molecule has 1 rings (SSSR count). The van der Waals surface area contributed by atoms with E-state index >= 15 is 0 Å². The molecule has 0 saturated carbocycles. The molecule has 2 heteroatoms. The average Bonchev–Trinajstić information content (AvgIpc) is 2.14. The van der Waals surface area contributed by atoms with Crippen molar-refractivity contribution in [2.45, 2.75) is 19.8 Å². The fraction of sp³-hybridized carbons (Fsp3) is 0.364. The van der Waals surface area contributed by atoms with Crippen LogP contribution in [0.4, 0.5) is 0 Å². The average molecular weight is 238 g/mol. The number of nitriles is 1. The molecule has 0 aliphatic carbocycles. The molecule has 0 saturated heterocycles. The van der Waals surface area contributed by atoms with Crippen LogP contribution in [0.3, 0.4) is 0 Å². The van der Waals surface area contributed by atoms with Gasteiger partial charge < -0.3 is 0 Å². The lowest BCUT2D eigenvalue weighted by molar-refractivity contribution is 0.638. The van der Waals surface area contributed by atoms with Gasteiger partial charge in [0.05, 0.1) is 12.0 Å². The molecule has 1 atom stereocenters. The highest BCUT2D eigenvalue weighted by Crippen LogP contribution is 2.16. The number of halogens is 1. The van der Waals surface area contributed by atoms with Crippen LogP contribution in [0.2, 0.25) is 0 Å². The van der Waals surface area contributed by atoms with Crippen molar-refractivity contribution in [3.8, 4) is 6.07 Å². The molecule has 1 aromatic carbocycles. The van der Waals surface area contributed by atoms with Crippen LogP contribution in [0.15, 0.2) is 28.7 Å². The summed E-state index contributed by atoms with van der Waals surface area (Å²) in [6.07, 6.45) is 1.77. The third-order valence-corrected chi connectivity index (χ3v) is 2.54. The van der Waals surface area contributed by atoms with E-state index in [1.165, 1.54) is 5.56 Å². The Morgan fingerprint density at radius 1 is 1.54 bits per heavy atom. The number of hydrogen-bond donors (Lipinski definition) is 0. The molecule has 0 radical (unpaired) electrons. The van der Waals surface area contributed by atoms with Gasteiger partial charge in [0.2, 0.25) is 0 Å². The number of rotatable bonds is 3. The molecule has 0 aliphatic heterocycles. The van der Waals surface area contributed by atoms with Crippen molar-refractivity contribution in [3.05, 3.63) is 34.3 Å². The van der Waals surface area contributed by atoms with Gasteiger partial charge in [-0.25, -0.2) is 0 Å². The first kappa shape index (κ1) is 10.3. The lowest BCUT2D eigenvalue weighted by Crippen LogP contribution is -1.99. The summed E-state index contributed by atoms with van der Waals surface area (Å²) in [5.74, 6) is 0.147. The van der Waals surface area contributed by atoms with E-state index in [4.69, 9.17) is 5.26 Å². The van der Waals surface area contributed by atoms with E-state index in [2.05, 4.69) is 34.1 Å². The minimum absolute atomic E-state index is 0.147. The van der Waals surface area contributed by atoms with Crippen molar-refractivity contribution in [2.24, 2.45) is 5.92 Å². The number of nitrogens with zero attached hydrogens (tertiary/aromatic N) is 1. The van der Waals surface area contributed by atoms with E-state index in [0.29, 0.717) is 0 Å². The first-order valence-corrected chi connectivity index (χ1v) is 5.19. The second-order valence-corrected chi connectivity index (χ2v) is 3.98. The van der Waals surface area contributed by atoms with Gasteiger partial charge in [-0.2, -0.15) is 5.26 Å². The van der Waals surface area contributed by atoms with Gasteiger partial charge in [0.15, 0.2) is 0 Å². The van der Waals surface area contributed by atoms with Crippen LogP contribution in [-0.4, -0.2) is 0 Å². The normalized spacial score (nSPS) is 12.1. The van der Waals surface area contributed by atoms with E-state index in [9.17, 15) is 0 Å². The quantitative estimate of drug-likeness (QED) is 0.790. The zero-order valence-electron chi connectivity index (χ0n) is 7.63. The van der Waals surface area contributed by atoms with Gasteiger partial charge in [-0.3, -0.25) is 0 Å². The predicted molar refractivity (Wildman–Crippen MR) is 57.2 cm³/mol. The Hall–Kier alpha value is -0.810. The highest BCUT2D eigenvalue weighted by Gasteiger charge is 2.05. The summed E-state index contributed by atoms with van der Waals surface area (Å²) < 4.78 is 1.08. The fourth-order valence-electron chi connectivity index (χ4n) is 1.23. The monoisotopic (exact) mass is 237 g/mol. The Morgan fingerprint density at radius 2 is 2.31 bits per heavy atom. The Labute approximate surface area is 87.5 Å². The molecule has 68 valence electrons. The molecule has 0 spiro atoms. The van der Waals surface area contributed by atoms with Crippen LogP contribution in [0.5, 0.6) is 0 Å². The van der Waals surface area contributed by atoms with Gasteiger partial charge >= 0.3 is 0 Å². The smallest absolute Gasteiger partial charge is 0.0659 e. The van der Waals surface area contributed by atoms with E-state index in [-0.39, 0.29) is 5.92 Å². The highest BCUT2D eigenvalue weighted by molar-refractivity contribution is 9.10. The van der Waals surface area contributed by atoms with Gasteiger partial charge in [-0.1, -0.05) is 35.0 Å². The third kappa shape index (κ3) is 3.20. The first-order chi connectivity index (χ1) is 6.26. The molecule has 1 unspecified atom stereocenters. The molecule has 0 N–H and O–H groups in total. The van der Waals surface area contributed by atoms with Gasteiger partial charge in [0.25, 0.3) is 0 Å². The maximum atomic E-state index is 8.79. The lowest BCUT2D eigenvalue weighted by atomic mass is 9.99. The Bertz CT molecular complexity index is 314. The summed E-state index contributed by atoms with van der Waals surface area (Å²) >= 11 is 3.41. The van der Waals surface area contributed by atoms with E-state index in [1.54, 1.807) is 0 Å². The predicted octanol–water partition coefficient (Wildman–Crippen LogP) is 3.54. The van der Waals surface area contributed by atoms with Crippen molar-refractivity contribution >= 4 is 15.9 Å². The van der Waals surface area contributed by atoms with Gasteiger partial charge in [-0.05, 0) is 30.5 Å². The second-order valence-electron chi connectivity index (χ2n) is 3.07. The molecule has 1 aromatic rings. The first-order valence-electron chi connectivity index (χ1n) is 4.40. The van der Waals surface area contributed by atoms with E-state index < -0.39 is 0 Å². The molecule has 13 heavy (non-hydrogen) atoms. The van der Waals surface area contributed by atoms with Crippen LogP contribution in [0.1, 0.15) is 18.9 Å². The molecule has 0 fully saturated rings. The van der Waals surface area contributed by atoms with Crippen LogP contribution in [0.25, 0.3) is 0 Å². The largest absolute Gasteiger partial charge is 0.198 e. The van der Waals surface area contributed by atoms with Crippen LogP contribution < -0.4 is 0 Å². The molecule has 0 bridgehead atoms. The molecule has 0 aromatic heterocycles. The Kier molecular flexibility index (Phi) is 3.98. The number of hydrogen-bond acceptors (Lipinski definition) is 1. The van der Waals surface area contributed by atoms with Crippen LogP contribution in [0, 0.1) is 17.2 Å². The Morgan fingerprint density at radius 3 is 2.85 bits per heavy atom. The lowest BCUT2D eigenvalue weighted by Gasteiger charge is -2.05. The summed E-state index contributed by atoms with van der Waals surface area (Å²) in [6.45, 7) is 2.05. The summed E-state index contributed by atoms with van der Waals surface area (Å²) in [7, 11) is 0. The van der Waals surface area contributed by atoms with Crippen molar-refractivity contribution in [3.63, 3.8) is 0 Å². The Balaban J connectivity index is 2.69. The van der Waals surface area contributed by atoms with Crippen molar-refractivity contribution < 1.29 is 0 Å². The van der Waals surface area contributed by atoms with E-state index in [1.807, 2.05) is 19.1 Å². The zero-order chi connectivity index (χ0) is 9.68. The summed E-state index contributed by atoms with van der Waals surface area (Å²) in [5.41, 5.74) is 1.22. The fourth-order valence-corrected chi connectivity index (χ4v) is 1.68. The zero-order valence-corrected chi connectivity index (χ0v) is 9.21. The van der Waals surface area contributed by atoms with Gasteiger partial charge in [0, 0.05) is 4.47 Å². The molecule has 0 heterocycles. The minimum Gasteiger partial charge on any atom is -0.198 e. The molecule has 1 nitrogen and oxygen atoms in total. The maximum absolute atomic E-state index is 8.79. The molecular formula is C11H12BrN. The minimum atomic E-state index is 0.147. The summed E-state index contributed by atoms with van der Waals surface area (Å²) in [6, 6.07) is 10.4. The maximum Gasteiger partial charge on any atom is 0.0659 e. The molecule has 0 amide bonds. The van der Waals surface area contributed by atoms with Crippen LogP contribution >= 0.6 is 15.9 Å². The second kappa shape index (κ2) is 5.04. The SMILES string of the molecule is CCC(C#N)Cc1cccc(Br)c1. The molecule has 0 aliphatic rings. The highest BCUT2D eigenvalue weighted by atomic mass is 79.9. The van der Waals surface area contributed by atoms with Crippen molar-refractivity contribution in [2.75, 3.05) is 0 Å². The number of benzene rings is 1. The van der Waals surface area contributed by atoms with Gasteiger partial charge in [0.1, 0.15) is 0 Å². The van der Waals surface area contributed by atoms with Gasteiger partial charge in [-0.15, -0.1) is 0 Å². The standard InChI is InChI=1S/C11H12BrN/c1-2-9(8-13)6-10-4-3-5-11(12)7-10/h3-5,7,9H,2,6H2,1H3. The summed E-state index contributed by atoms with van der Waals surface area (Å²) in [4.78, 5) is 0. The van der Waals surface area contributed by atoms with Crippen LogP contribution in [-0.2, 0) is 6.42 Å². The molecular weight excluding hydrogens is 226 g/mol. The third-order valence-electron chi connectivity index (χ3n) is 2.05. The summed E-state index contributed by atoms with van der Waals surface area (Å²) in [5, 5.41) is 8.79. The van der Waals surface area contributed by atoms with Crippen molar-refractivity contribution in [1.29, 1.82) is 5.26 Å².